The molecule has 1 fully saturated rings. The van der Waals surface area contributed by atoms with Crippen LogP contribution in [0.1, 0.15) is 24.7 Å². The Kier molecular flexibility index (Phi) is 3.46. The van der Waals surface area contributed by atoms with Gasteiger partial charge in [0.1, 0.15) is 5.75 Å². The smallest absolute Gasteiger partial charge is 0.247 e. The minimum Gasteiger partial charge on any atom is -0.497 e. The van der Waals surface area contributed by atoms with Crippen LogP contribution in [0.15, 0.2) is 28.7 Å². The summed E-state index contributed by atoms with van der Waals surface area (Å²) in [5.41, 5.74) is 0.920. The largest absolute Gasteiger partial charge is 0.497 e. The lowest BCUT2D eigenvalue weighted by Gasteiger charge is -2.18. The molecular weight excluding hydrogens is 242 g/mol. The van der Waals surface area contributed by atoms with Gasteiger partial charge >= 0.3 is 0 Å². The Morgan fingerprint density at radius 1 is 1.26 bits per heavy atom. The van der Waals surface area contributed by atoms with Gasteiger partial charge in [0.25, 0.3) is 0 Å². The lowest BCUT2D eigenvalue weighted by molar-refractivity contribution is 0.380. The van der Waals surface area contributed by atoms with Crippen LogP contribution in [-0.2, 0) is 0 Å². The molecule has 2 aromatic rings. The molecule has 0 spiro atoms. The summed E-state index contributed by atoms with van der Waals surface area (Å²) in [4.78, 5) is 0. The van der Waals surface area contributed by atoms with Crippen LogP contribution in [0.25, 0.3) is 11.5 Å². The van der Waals surface area contributed by atoms with Crippen molar-refractivity contribution in [1.82, 2.24) is 15.5 Å². The molecule has 1 aromatic heterocycles. The number of ether oxygens (including phenoxy) is 1. The highest BCUT2D eigenvalue weighted by atomic mass is 16.5. The fourth-order valence-corrected chi connectivity index (χ4v) is 2.31. The van der Waals surface area contributed by atoms with Gasteiger partial charge in [-0.1, -0.05) is 0 Å². The van der Waals surface area contributed by atoms with Crippen molar-refractivity contribution in [3.63, 3.8) is 0 Å². The predicted molar refractivity (Wildman–Crippen MR) is 71.1 cm³/mol. The van der Waals surface area contributed by atoms with Gasteiger partial charge in [-0.05, 0) is 43.7 Å². The predicted octanol–water partition coefficient (Wildman–Crippen LogP) is 2.21. The van der Waals surface area contributed by atoms with E-state index < -0.39 is 0 Å². The first-order chi connectivity index (χ1) is 9.36. The number of nitrogens with zero attached hydrogens (tertiary/aromatic N) is 2. The van der Waals surface area contributed by atoms with Crippen LogP contribution in [0.3, 0.4) is 0 Å². The molecule has 5 heteroatoms. The molecule has 1 aliphatic heterocycles. The SMILES string of the molecule is COc1ccc(-c2nnc([C@@H]3CCCNC3)o2)cc1. The number of nitrogens with one attached hydrogen (secondary N) is 1. The minimum absolute atomic E-state index is 0.341. The average Bonchev–Trinajstić information content (AvgIpc) is 2.98. The average molecular weight is 259 g/mol. The van der Waals surface area contributed by atoms with E-state index in [-0.39, 0.29) is 0 Å². The first kappa shape index (κ1) is 12.2. The van der Waals surface area contributed by atoms with Crippen molar-refractivity contribution in [2.24, 2.45) is 0 Å². The highest BCUT2D eigenvalue weighted by molar-refractivity contribution is 5.53. The zero-order valence-electron chi connectivity index (χ0n) is 10.9. The molecule has 0 unspecified atom stereocenters. The van der Waals surface area contributed by atoms with Gasteiger partial charge in [-0.3, -0.25) is 0 Å². The quantitative estimate of drug-likeness (QED) is 0.915. The summed E-state index contributed by atoms with van der Waals surface area (Å²) in [5, 5.41) is 11.7. The monoisotopic (exact) mass is 259 g/mol. The first-order valence-electron chi connectivity index (χ1n) is 6.55. The maximum atomic E-state index is 5.78. The summed E-state index contributed by atoms with van der Waals surface area (Å²) < 4.78 is 10.9. The Balaban J connectivity index is 1.79. The molecule has 100 valence electrons. The van der Waals surface area contributed by atoms with E-state index in [0.29, 0.717) is 11.8 Å². The molecule has 0 bridgehead atoms. The summed E-state index contributed by atoms with van der Waals surface area (Å²) in [6.07, 6.45) is 2.27. The van der Waals surface area contributed by atoms with E-state index in [2.05, 4.69) is 15.5 Å². The molecule has 1 aromatic carbocycles. The van der Waals surface area contributed by atoms with Gasteiger partial charge in [0.2, 0.25) is 11.8 Å². The second-order valence-corrected chi connectivity index (χ2v) is 4.72. The highest BCUT2D eigenvalue weighted by Gasteiger charge is 2.21. The molecule has 5 nitrogen and oxygen atoms in total. The van der Waals surface area contributed by atoms with Crippen molar-refractivity contribution in [3.8, 4) is 17.2 Å². The molecule has 1 atom stereocenters. The molecule has 0 amide bonds. The fraction of sp³-hybridized carbons (Fsp3) is 0.429. The minimum atomic E-state index is 0.341. The van der Waals surface area contributed by atoms with Gasteiger partial charge in [-0.15, -0.1) is 10.2 Å². The number of hydrogen-bond acceptors (Lipinski definition) is 5. The molecule has 2 heterocycles. The lowest BCUT2D eigenvalue weighted by atomic mass is 10.00. The summed E-state index contributed by atoms with van der Waals surface area (Å²) in [6.45, 7) is 2.00. The Labute approximate surface area is 112 Å². The van der Waals surface area contributed by atoms with Gasteiger partial charge in [-0.2, -0.15) is 0 Å². The topological polar surface area (TPSA) is 60.2 Å². The molecule has 1 saturated heterocycles. The van der Waals surface area contributed by atoms with Gasteiger partial charge in [0.05, 0.1) is 7.11 Å². The van der Waals surface area contributed by atoms with Crippen molar-refractivity contribution >= 4 is 0 Å². The Hall–Kier alpha value is -1.88. The lowest BCUT2D eigenvalue weighted by Crippen LogP contribution is -2.28. The summed E-state index contributed by atoms with van der Waals surface area (Å²) >= 11 is 0. The normalized spacial score (nSPS) is 19.3. The van der Waals surface area contributed by atoms with Crippen molar-refractivity contribution < 1.29 is 9.15 Å². The van der Waals surface area contributed by atoms with E-state index in [4.69, 9.17) is 9.15 Å². The fourth-order valence-electron chi connectivity index (χ4n) is 2.31. The summed E-state index contributed by atoms with van der Waals surface area (Å²) in [6, 6.07) is 7.63. The zero-order chi connectivity index (χ0) is 13.1. The van der Waals surface area contributed by atoms with Crippen molar-refractivity contribution in [2.75, 3.05) is 20.2 Å². The van der Waals surface area contributed by atoms with E-state index in [1.807, 2.05) is 24.3 Å². The maximum absolute atomic E-state index is 5.78. The molecular formula is C14H17N3O2. The van der Waals surface area contributed by atoms with Gasteiger partial charge < -0.3 is 14.5 Å². The maximum Gasteiger partial charge on any atom is 0.247 e. The van der Waals surface area contributed by atoms with Gasteiger partial charge in [-0.25, -0.2) is 0 Å². The number of aromatic nitrogens is 2. The molecule has 3 rings (SSSR count). The van der Waals surface area contributed by atoms with Gasteiger partial charge in [0, 0.05) is 18.0 Å². The Morgan fingerprint density at radius 2 is 2.11 bits per heavy atom. The summed E-state index contributed by atoms with van der Waals surface area (Å²) in [7, 11) is 1.65. The van der Waals surface area contributed by atoms with Crippen LogP contribution in [0.5, 0.6) is 5.75 Å². The number of rotatable bonds is 3. The molecule has 1 aliphatic rings. The summed E-state index contributed by atoms with van der Waals surface area (Å²) in [5.74, 6) is 2.47. The first-order valence-corrected chi connectivity index (χ1v) is 6.55. The highest BCUT2D eigenvalue weighted by Crippen LogP contribution is 2.26. The number of hydrogen-bond donors (Lipinski definition) is 1. The van der Waals surface area contributed by atoms with E-state index in [9.17, 15) is 0 Å². The van der Waals surface area contributed by atoms with Crippen LogP contribution < -0.4 is 10.1 Å². The van der Waals surface area contributed by atoms with Crippen molar-refractivity contribution in [3.05, 3.63) is 30.2 Å². The Bertz CT molecular complexity index is 530. The Morgan fingerprint density at radius 3 is 2.79 bits per heavy atom. The number of methoxy groups -OCH3 is 1. The van der Waals surface area contributed by atoms with Crippen molar-refractivity contribution in [1.29, 1.82) is 0 Å². The number of benzene rings is 1. The van der Waals surface area contributed by atoms with Crippen LogP contribution in [-0.4, -0.2) is 30.4 Å². The molecule has 19 heavy (non-hydrogen) atoms. The number of piperidine rings is 1. The van der Waals surface area contributed by atoms with Gasteiger partial charge in [0.15, 0.2) is 0 Å². The molecule has 0 saturated carbocycles. The van der Waals surface area contributed by atoms with Crippen molar-refractivity contribution in [2.45, 2.75) is 18.8 Å². The second kappa shape index (κ2) is 5.40. The standard InChI is InChI=1S/C14H17N3O2/c1-18-12-6-4-10(5-7-12)13-16-17-14(19-13)11-3-2-8-15-9-11/h4-7,11,15H,2-3,8-9H2,1H3/t11-/m1/s1. The second-order valence-electron chi connectivity index (χ2n) is 4.72. The molecule has 1 N–H and O–H groups in total. The third kappa shape index (κ3) is 2.61. The van der Waals surface area contributed by atoms with E-state index >= 15 is 0 Å². The van der Waals surface area contributed by atoms with Crippen LogP contribution >= 0.6 is 0 Å². The molecule has 0 radical (unpaired) electrons. The third-order valence-electron chi connectivity index (χ3n) is 3.42. The van der Waals surface area contributed by atoms with E-state index in [1.165, 1.54) is 0 Å². The zero-order valence-corrected chi connectivity index (χ0v) is 10.9. The van der Waals surface area contributed by atoms with Crippen LogP contribution in [0.4, 0.5) is 0 Å². The van der Waals surface area contributed by atoms with E-state index in [1.54, 1.807) is 7.11 Å². The van der Waals surface area contributed by atoms with E-state index in [0.717, 1.165) is 43.1 Å². The third-order valence-corrected chi connectivity index (χ3v) is 3.42. The molecule has 0 aliphatic carbocycles. The van der Waals surface area contributed by atoms with Crippen LogP contribution in [0, 0.1) is 0 Å². The van der Waals surface area contributed by atoms with Crippen LogP contribution in [0.2, 0.25) is 0 Å².